The van der Waals surface area contributed by atoms with E-state index in [1.807, 2.05) is 36.7 Å². The number of H-pyrrole nitrogens is 2. The van der Waals surface area contributed by atoms with Gasteiger partial charge in [-0.2, -0.15) is 5.10 Å². The number of aromatic amines is 2. The van der Waals surface area contributed by atoms with Crippen LogP contribution >= 0.6 is 0 Å². The zero-order chi connectivity index (χ0) is 31.0. The van der Waals surface area contributed by atoms with Gasteiger partial charge in [-0.3, -0.25) is 15.1 Å². The van der Waals surface area contributed by atoms with E-state index in [9.17, 15) is 12.8 Å². The summed E-state index contributed by atoms with van der Waals surface area (Å²) in [4.78, 5) is 17.4. The Morgan fingerprint density at radius 1 is 0.978 bits per heavy atom. The number of sulfonamides is 1. The molecular formula is C33H33FN8O2S. The SMILES string of the molecule is NS(=O)(=O)CCc1cc(F)cc(-c2cccc3[nH]c(-c4n[nH]c5cnc(-c6cncc(CNCC7CCCC7)c6)cc45)nc23)c1. The molecule has 10 nitrogen and oxygen atoms in total. The minimum Gasteiger partial charge on any atom is -0.337 e. The van der Waals surface area contributed by atoms with Gasteiger partial charge in [-0.25, -0.2) is 22.9 Å². The quantitative estimate of drug-likeness (QED) is 0.157. The predicted molar refractivity (Wildman–Crippen MR) is 173 cm³/mol. The van der Waals surface area contributed by atoms with Crippen molar-refractivity contribution < 1.29 is 12.8 Å². The lowest BCUT2D eigenvalue weighted by Gasteiger charge is -2.11. The summed E-state index contributed by atoms with van der Waals surface area (Å²) in [6.07, 6.45) is 10.9. The van der Waals surface area contributed by atoms with Gasteiger partial charge >= 0.3 is 0 Å². The molecule has 2 aromatic carbocycles. The van der Waals surface area contributed by atoms with Crippen molar-refractivity contribution >= 4 is 32.0 Å². The molecule has 5 N–H and O–H groups in total. The smallest absolute Gasteiger partial charge is 0.209 e. The number of halogens is 1. The van der Waals surface area contributed by atoms with Crippen LogP contribution in [0.5, 0.6) is 0 Å². The number of nitrogens with zero attached hydrogens (tertiary/aromatic N) is 4. The van der Waals surface area contributed by atoms with Crippen LogP contribution in [0.3, 0.4) is 0 Å². The van der Waals surface area contributed by atoms with Crippen LogP contribution in [0, 0.1) is 11.7 Å². The summed E-state index contributed by atoms with van der Waals surface area (Å²) >= 11 is 0. The zero-order valence-electron chi connectivity index (χ0n) is 24.6. The van der Waals surface area contributed by atoms with Crippen LogP contribution < -0.4 is 10.5 Å². The van der Waals surface area contributed by atoms with Crippen molar-refractivity contribution in [2.75, 3.05) is 12.3 Å². The molecule has 0 amide bonds. The highest BCUT2D eigenvalue weighted by molar-refractivity contribution is 7.89. The number of aryl methyl sites for hydroxylation is 1. The minimum atomic E-state index is -3.68. The number of hydrogen-bond donors (Lipinski definition) is 4. The highest BCUT2D eigenvalue weighted by Crippen LogP contribution is 2.33. The summed E-state index contributed by atoms with van der Waals surface area (Å²) in [6, 6.07) is 14.2. The number of imidazole rings is 1. The molecule has 0 bridgehead atoms. The van der Waals surface area contributed by atoms with Crippen molar-refractivity contribution in [3.05, 3.63) is 84.1 Å². The molecule has 230 valence electrons. The lowest BCUT2D eigenvalue weighted by molar-refractivity contribution is 0.489. The second-order valence-corrected chi connectivity index (χ2v) is 13.5. The summed E-state index contributed by atoms with van der Waals surface area (Å²) in [5.74, 6) is 0.585. The van der Waals surface area contributed by atoms with Gasteiger partial charge in [0.05, 0.1) is 34.2 Å². The Morgan fingerprint density at radius 3 is 2.67 bits per heavy atom. The van der Waals surface area contributed by atoms with Gasteiger partial charge in [0.2, 0.25) is 10.0 Å². The maximum absolute atomic E-state index is 14.6. The highest BCUT2D eigenvalue weighted by atomic mass is 32.2. The Balaban J connectivity index is 1.19. The van der Waals surface area contributed by atoms with Gasteiger partial charge < -0.3 is 10.3 Å². The number of aromatic nitrogens is 6. The van der Waals surface area contributed by atoms with Crippen molar-refractivity contribution in [2.45, 2.75) is 38.6 Å². The molecule has 4 aromatic heterocycles. The fraction of sp³-hybridized carbons (Fsp3) is 0.273. The van der Waals surface area contributed by atoms with Gasteiger partial charge in [0.15, 0.2) is 5.82 Å². The van der Waals surface area contributed by atoms with Gasteiger partial charge in [-0.05, 0) is 78.7 Å². The van der Waals surface area contributed by atoms with E-state index in [4.69, 9.17) is 10.1 Å². The Kier molecular flexibility index (Phi) is 7.86. The minimum absolute atomic E-state index is 0.108. The Bertz CT molecular complexity index is 2120. The van der Waals surface area contributed by atoms with Gasteiger partial charge in [-0.15, -0.1) is 0 Å². The first-order valence-electron chi connectivity index (χ1n) is 15.1. The number of fused-ring (bicyclic) bond motifs is 2. The van der Waals surface area contributed by atoms with Crippen LogP contribution in [0.2, 0.25) is 0 Å². The predicted octanol–water partition coefficient (Wildman–Crippen LogP) is 5.48. The molecule has 12 heteroatoms. The van der Waals surface area contributed by atoms with Gasteiger partial charge in [0.25, 0.3) is 0 Å². The highest BCUT2D eigenvalue weighted by Gasteiger charge is 2.18. The number of nitrogens with two attached hydrogens (primary N) is 1. The van der Waals surface area contributed by atoms with Gasteiger partial charge in [0, 0.05) is 35.5 Å². The maximum atomic E-state index is 14.6. The van der Waals surface area contributed by atoms with E-state index in [1.54, 1.807) is 12.3 Å². The van der Waals surface area contributed by atoms with Crippen molar-refractivity contribution in [1.29, 1.82) is 0 Å². The van der Waals surface area contributed by atoms with E-state index in [2.05, 4.69) is 36.5 Å². The number of rotatable bonds is 10. The number of benzene rings is 2. The Hall–Kier alpha value is -4.52. The first-order valence-corrected chi connectivity index (χ1v) is 16.8. The van der Waals surface area contributed by atoms with Crippen LogP contribution in [0.4, 0.5) is 4.39 Å². The Morgan fingerprint density at radius 2 is 1.82 bits per heavy atom. The molecule has 7 rings (SSSR count). The molecule has 0 aliphatic heterocycles. The molecule has 1 saturated carbocycles. The fourth-order valence-corrected chi connectivity index (χ4v) is 6.72. The van der Waals surface area contributed by atoms with Crippen molar-refractivity contribution in [3.8, 4) is 33.9 Å². The average molecular weight is 625 g/mol. The lowest BCUT2D eigenvalue weighted by atomic mass is 10.0. The summed E-state index contributed by atoms with van der Waals surface area (Å²) in [5.41, 5.74) is 7.42. The van der Waals surface area contributed by atoms with E-state index in [0.29, 0.717) is 33.7 Å². The summed E-state index contributed by atoms with van der Waals surface area (Å²) in [6.45, 7) is 1.79. The number of nitrogens with one attached hydrogen (secondary N) is 3. The maximum Gasteiger partial charge on any atom is 0.209 e. The monoisotopic (exact) mass is 624 g/mol. The van der Waals surface area contributed by atoms with Crippen molar-refractivity contribution in [3.63, 3.8) is 0 Å². The van der Waals surface area contributed by atoms with E-state index in [1.165, 1.54) is 37.8 Å². The Labute approximate surface area is 259 Å². The topological polar surface area (TPSA) is 155 Å². The third-order valence-corrected chi connectivity index (χ3v) is 9.23. The van der Waals surface area contributed by atoms with Crippen LogP contribution in [0.25, 0.3) is 55.8 Å². The number of primary sulfonamides is 1. The fourth-order valence-electron chi connectivity index (χ4n) is 6.20. The van der Waals surface area contributed by atoms with E-state index in [-0.39, 0.29) is 12.2 Å². The molecule has 0 unspecified atom stereocenters. The molecule has 45 heavy (non-hydrogen) atoms. The largest absolute Gasteiger partial charge is 0.337 e. The molecular weight excluding hydrogens is 591 g/mol. The molecule has 0 atom stereocenters. The molecule has 0 spiro atoms. The molecule has 4 heterocycles. The van der Waals surface area contributed by atoms with Gasteiger partial charge in [0.1, 0.15) is 11.5 Å². The summed E-state index contributed by atoms with van der Waals surface area (Å²) in [5, 5.41) is 17.2. The second-order valence-electron chi connectivity index (χ2n) is 11.8. The number of pyridine rings is 2. The first-order chi connectivity index (χ1) is 21.8. The van der Waals surface area contributed by atoms with E-state index in [0.717, 1.165) is 52.2 Å². The number of para-hydroxylation sites is 1. The molecule has 1 aliphatic rings. The average Bonchev–Trinajstić information content (AvgIpc) is 3.79. The molecule has 1 aliphatic carbocycles. The molecule has 6 aromatic rings. The van der Waals surface area contributed by atoms with Crippen molar-refractivity contribution in [1.82, 2.24) is 35.5 Å². The molecule has 0 radical (unpaired) electrons. The zero-order valence-corrected chi connectivity index (χ0v) is 25.4. The lowest BCUT2D eigenvalue weighted by Crippen LogP contribution is -2.20. The van der Waals surface area contributed by atoms with Crippen LogP contribution in [0.15, 0.2) is 67.1 Å². The summed E-state index contributed by atoms with van der Waals surface area (Å²) < 4.78 is 37.6. The van der Waals surface area contributed by atoms with Crippen LogP contribution in [0.1, 0.15) is 36.8 Å². The molecule has 1 fully saturated rings. The molecule has 0 saturated heterocycles. The summed E-state index contributed by atoms with van der Waals surface area (Å²) in [7, 11) is -3.68. The van der Waals surface area contributed by atoms with Gasteiger partial charge in [-0.1, -0.05) is 31.0 Å². The van der Waals surface area contributed by atoms with Crippen LogP contribution in [-0.4, -0.2) is 50.8 Å². The third kappa shape index (κ3) is 6.48. The van der Waals surface area contributed by atoms with Crippen molar-refractivity contribution in [2.24, 2.45) is 11.1 Å². The van der Waals surface area contributed by atoms with Crippen LogP contribution in [-0.2, 0) is 23.0 Å². The third-order valence-electron chi connectivity index (χ3n) is 8.46. The normalized spacial score (nSPS) is 14.2. The second kappa shape index (κ2) is 12.1. The standard InChI is InChI=1S/C33H33FN8O2S/c34-25-12-21(8-9-45(35,43)44)10-23(13-25)26-6-3-7-28-31(26)40-33(39-28)32-27-14-29(38-19-30(27)41-42-32)24-11-22(17-37-18-24)16-36-15-20-4-1-2-5-20/h3,6-7,10-14,17-20,36H,1-2,4-5,8-9,15-16H2,(H,39,40)(H,41,42)(H2,35,43,44). The number of hydrogen-bond acceptors (Lipinski definition) is 7. The first kappa shape index (κ1) is 29.2. The van der Waals surface area contributed by atoms with E-state index >= 15 is 0 Å². The van der Waals surface area contributed by atoms with E-state index < -0.39 is 15.8 Å².